The number of aromatic nitrogens is 6. The summed E-state index contributed by atoms with van der Waals surface area (Å²) < 4.78 is 5.21. The SMILES string of the molecule is CC(C)(C)c1cc(CCC(=O)OC(=O)CCc2cc(-n3nc4ccccc4n3)c(O)c(C(C)(C)C)c2)cc(-n2nc3ccccc3n2)c1O. The van der Waals surface area contributed by atoms with Crippen molar-refractivity contribution in [2.24, 2.45) is 0 Å². The number of phenolic OH excluding ortho intramolecular Hbond substituents is 2. The molecule has 4 aromatic carbocycles. The second-order valence-corrected chi connectivity index (χ2v) is 14.3. The summed E-state index contributed by atoms with van der Waals surface area (Å²) in [7, 11) is 0. The molecule has 49 heavy (non-hydrogen) atoms. The van der Waals surface area contributed by atoms with Crippen molar-refractivity contribution in [3.63, 3.8) is 0 Å². The molecule has 0 aliphatic rings. The fourth-order valence-electron chi connectivity index (χ4n) is 5.75. The number of phenols is 2. The first-order chi connectivity index (χ1) is 23.2. The summed E-state index contributed by atoms with van der Waals surface area (Å²) in [6.07, 6.45) is 0.490. The van der Waals surface area contributed by atoms with Gasteiger partial charge < -0.3 is 14.9 Å². The van der Waals surface area contributed by atoms with Crippen LogP contribution in [0.2, 0.25) is 0 Å². The van der Waals surface area contributed by atoms with Gasteiger partial charge in [-0.25, -0.2) is 0 Å². The molecule has 6 aromatic rings. The Morgan fingerprint density at radius 1 is 0.592 bits per heavy atom. The minimum atomic E-state index is -0.644. The van der Waals surface area contributed by atoms with Gasteiger partial charge in [0.15, 0.2) is 0 Å². The van der Waals surface area contributed by atoms with Crippen molar-refractivity contribution in [1.29, 1.82) is 0 Å². The number of carbonyl (C=O) groups is 2. The lowest BCUT2D eigenvalue weighted by Crippen LogP contribution is -2.16. The van der Waals surface area contributed by atoms with Crippen LogP contribution in [-0.2, 0) is 38.0 Å². The Morgan fingerprint density at radius 2 is 0.918 bits per heavy atom. The van der Waals surface area contributed by atoms with Crippen LogP contribution < -0.4 is 0 Å². The smallest absolute Gasteiger partial charge is 0.313 e. The van der Waals surface area contributed by atoms with E-state index in [1.165, 1.54) is 9.59 Å². The van der Waals surface area contributed by atoms with Crippen LogP contribution in [0.4, 0.5) is 0 Å². The van der Waals surface area contributed by atoms with E-state index in [2.05, 4.69) is 20.4 Å². The molecule has 11 heteroatoms. The van der Waals surface area contributed by atoms with Gasteiger partial charge in [0.05, 0.1) is 12.8 Å². The van der Waals surface area contributed by atoms with Crippen LogP contribution in [0.25, 0.3) is 33.4 Å². The zero-order valence-corrected chi connectivity index (χ0v) is 28.6. The fourth-order valence-corrected chi connectivity index (χ4v) is 5.75. The molecule has 0 saturated carbocycles. The Bertz CT molecular complexity index is 1980. The van der Waals surface area contributed by atoms with E-state index in [4.69, 9.17) is 4.74 Å². The van der Waals surface area contributed by atoms with E-state index in [1.54, 1.807) is 12.1 Å². The van der Waals surface area contributed by atoms with Gasteiger partial charge in [-0.05, 0) is 71.2 Å². The lowest BCUT2D eigenvalue weighted by atomic mass is 9.84. The molecule has 0 amide bonds. The largest absolute Gasteiger partial charge is 0.505 e. The lowest BCUT2D eigenvalue weighted by Gasteiger charge is -2.23. The molecule has 2 N–H and O–H groups in total. The molecule has 252 valence electrons. The summed E-state index contributed by atoms with van der Waals surface area (Å²) in [5.41, 5.74) is 5.69. The number of aromatic hydroxyl groups is 2. The van der Waals surface area contributed by atoms with Gasteiger partial charge in [0, 0.05) is 11.1 Å². The number of nitrogens with zero attached hydrogens (tertiary/aromatic N) is 6. The van der Waals surface area contributed by atoms with Gasteiger partial charge in [0.2, 0.25) is 0 Å². The van der Waals surface area contributed by atoms with Crippen LogP contribution in [0.5, 0.6) is 11.5 Å². The van der Waals surface area contributed by atoms with Crippen molar-refractivity contribution in [2.75, 3.05) is 0 Å². The molecule has 11 nitrogen and oxygen atoms in total. The Labute approximate surface area is 284 Å². The maximum Gasteiger partial charge on any atom is 0.313 e. The Balaban J connectivity index is 1.15. The summed E-state index contributed by atoms with van der Waals surface area (Å²) in [5, 5.41) is 40.5. The van der Waals surface area contributed by atoms with Gasteiger partial charge in [-0.15, -0.1) is 30.0 Å². The van der Waals surface area contributed by atoms with Crippen molar-refractivity contribution in [3.05, 3.63) is 95.1 Å². The molecule has 0 aliphatic carbocycles. The standard InChI is InChI=1S/C38H40N6O5/c1-37(2,3)25-19-23(21-31(35(25)47)43-39-27-11-7-8-12-28(27)40-43)15-17-33(45)49-34(46)18-16-24-20-26(38(4,5)6)36(48)32(22-24)44-41-29-13-9-10-14-30(29)42-44/h7-14,19-22,47-48H,15-18H2,1-6H3. The molecule has 0 unspecified atom stereocenters. The van der Waals surface area contributed by atoms with Crippen molar-refractivity contribution < 1.29 is 24.5 Å². The predicted octanol–water partition coefficient (Wildman–Crippen LogP) is 6.80. The number of carbonyl (C=O) groups excluding carboxylic acids is 2. The highest BCUT2D eigenvalue weighted by molar-refractivity contribution is 5.85. The molecule has 0 saturated heterocycles. The maximum atomic E-state index is 12.8. The highest BCUT2D eigenvalue weighted by atomic mass is 16.6. The third kappa shape index (κ3) is 7.15. The number of esters is 2. The number of hydrogen-bond acceptors (Lipinski definition) is 9. The van der Waals surface area contributed by atoms with Crippen LogP contribution >= 0.6 is 0 Å². The van der Waals surface area contributed by atoms with E-state index in [0.717, 1.165) is 11.1 Å². The summed E-state index contributed by atoms with van der Waals surface area (Å²) in [5.74, 6) is -1.15. The average molecular weight is 661 g/mol. The van der Waals surface area contributed by atoms with Crippen LogP contribution in [0.1, 0.15) is 76.6 Å². The third-order valence-electron chi connectivity index (χ3n) is 8.38. The van der Waals surface area contributed by atoms with E-state index in [-0.39, 0.29) is 37.2 Å². The summed E-state index contributed by atoms with van der Waals surface area (Å²) in [4.78, 5) is 28.5. The molecule has 0 atom stereocenters. The Kier molecular flexibility index (Phi) is 8.70. The molecule has 0 aliphatic heterocycles. The molecule has 0 bridgehead atoms. The van der Waals surface area contributed by atoms with Crippen molar-refractivity contribution in [1.82, 2.24) is 30.0 Å². The van der Waals surface area contributed by atoms with Crippen molar-refractivity contribution >= 4 is 34.0 Å². The predicted molar refractivity (Wildman–Crippen MR) is 186 cm³/mol. The first-order valence-corrected chi connectivity index (χ1v) is 16.3. The summed E-state index contributed by atoms with van der Waals surface area (Å²) >= 11 is 0. The minimum Gasteiger partial charge on any atom is -0.505 e. The minimum absolute atomic E-state index is 0.0376. The van der Waals surface area contributed by atoms with E-state index < -0.39 is 22.8 Å². The van der Waals surface area contributed by atoms with E-state index in [1.807, 2.05) is 102 Å². The van der Waals surface area contributed by atoms with Gasteiger partial charge in [0.1, 0.15) is 44.9 Å². The Hall–Kier alpha value is -5.58. The topological polar surface area (TPSA) is 145 Å². The highest BCUT2D eigenvalue weighted by Gasteiger charge is 2.25. The molecular weight excluding hydrogens is 620 g/mol. The quantitative estimate of drug-likeness (QED) is 0.133. The number of aryl methyl sites for hydroxylation is 2. The normalized spacial score (nSPS) is 12.1. The van der Waals surface area contributed by atoms with E-state index in [9.17, 15) is 19.8 Å². The third-order valence-corrected chi connectivity index (χ3v) is 8.38. The molecule has 0 fully saturated rings. The number of ether oxygens (including phenoxy) is 1. The Morgan fingerprint density at radius 3 is 1.22 bits per heavy atom. The number of hydrogen-bond donors (Lipinski definition) is 2. The molecule has 0 spiro atoms. The second-order valence-electron chi connectivity index (χ2n) is 14.3. The van der Waals surface area contributed by atoms with Crippen LogP contribution in [0.3, 0.4) is 0 Å². The molecule has 0 radical (unpaired) electrons. The van der Waals surface area contributed by atoms with E-state index >= 15 is 0 Å². The van der Waals surface area contributed by atoms with Crippen LogP contribution in [0, 0.1) is 0 Å². The lowest BCUT2D eigenvalue weighted by molar-refractivity contribution is -0.159. The fraction of sp³-hybridized carbons (Fsp3) is 0.316. The molecule has 2 heterocycles. The van der Waals surface area contributed by atoms with Gasteiger partial charge in [0.25, 0.3) is 0 Å². The van der Waals surface area contributed by atoms with E-state index in [0.29, 0.717) is 44.6 Å². The summed E-state index contributed by atoms with van der Waals surface area (Å²) in [6, 6.07) is 22.1. The second kappa shape index (κ2) is 12.8. The first kappa shape index (κ1) is 33.3. The van der Waals surface area contributed by atoms with Gasteiger partial charge in [-0.1, -0.05) is 77.9 Å². The van der Waals surface area contributed by atoms with Gasteiger partial charge in [-0.3, -0.25) is 9.59 Å². The molecular formula is C38H40N6O5. The van der Waals surface area contributed by atoms with Gasteiger partial charge in [-0.2, -0.15) is 0 Å². The molecule has 6 rings (SSSR count). The summed E-state index contributed by atoms with van der Waals surface area (Å²) in [6.45, 7) is 11.9. The average Bonchev–Trinajstić information content (AvgIpc) is 3.67. The van der Waals surface area contributed by atoms with Gasteiger partial charge >= 0.3 is 11.9 Å². The van der Waals surface area contributed by atoms with Crippen LogP contribution in [0.15, 0.2) is 72.8 Å². The zero-order chi connectivity index (χ0) is 35.1. The van der Waals surface area contributed by atoms with Crippen LogP contribution in [-0.4, -0.2) is 52.1 Å². The molecule has 2 aromatic heterocycles. The highest BCUT2D eigenvalue weighted by Crippen LogP contribution is 2.38. The number of fused-ring (bicyclic) bond motifs is 2. The maximum absolute atomic E-state index is 12.8. The number of benzene rings is 4. The first-order valence-electron chi connectivity index (χ1n) is 16.3. The van der Waals surface area contributed by atoms with Crippen molar-refractivity contribution in [3.8, 4) is 22.9 Å². The zero-order valence-electron chi connectivity index (χ0n) is 28.6. The van der Waals surface area contributed by atoms with Crippen molar-refractivity contribution in [2.45, 2.75) is 78.1 Å². The monoisotopic (exact) mass is 660 g/mol. The number of rotatable bonds is 8.